The maximum atomic E-state index is 12.9. The van der Waals surface area contributed by atoms with Gasteiger partial charge in [-0.2, -0.15) is 0 Å². The molecular formula is C26H28N2O4. The Balaban J connectivity index is 1.56. The van der Waals surface area contributed by atoms with E-state index in [1.54, 1.807) is 18.2 Å². The summed E-state index contributed by atoms with van der Waals surface area (Å²) >= 11 is 0. The second kappa shape index (κ2) is 8.54. The molecule has 0 saturated carbocycles. The van der Waals surface area contributed by atoms with Crippen LogP contribution in [0.15, 0.2) is 45.6 Å². The van der Waals surface area contributed by atoms with Crippen LogP contribution >= 0.6 is 0 Å². The first-order chi connectivity index (χ1) is 15.2. The molecule has 0 unspecified atom stereocenters. The quantitative estimate of drug-likeness (QED) is 0.422. The van der Waals surface area contributed by atoms with E-state index in [2.05, 4.69) is 43.2 Å². The smallest absolute Gasteiger partial charge is 0.337 e. The number of carbonyl (C=O) groups excluding carboxylic acids is 1. The molecule has 0 aliphatic heterocycles. The lowest BCUT2D eigenvalue weighted by atomic mass is 10.0. The summed E-state index contributed by atoms with van der Waals surface area (Å²) in [6.45, 7) is 10.5. The van der Waals surface area contributed by atoms with Crippen molar-refractivity contribution in [3.8, 4) is 5.75 Å². The number of benzene rings is 2. The van der Waals surface area contributed by atoms with Crippen molar-refractivity contribution in [3.63, 3.8) is 0 Å². The molecule has 32 heavy (non-hydrogen) atoms. The lowest BCUT2D eigenvalue weighted by Crippen LogP contribution is -2.27. The molecule has 0 fully saturated rings. The third kappa shape index (κ3) is 4.26. The lowest BCUT2D eigenvalue weighted by Gasteiger charge is -2.11. The largest absolute Gasteiger partial charge is 0.491 e. The van der Waals surface area contributed by atoms with Crippen molar-refractivity contribution >= 4 is 27.8 Å². The SMILES string of the molecule is Cc1cc(C)c2[nH]c(C)c(CCNC(=O)c3cc(=O)oc4cc(OC(C)C)ccc34)c2c1. The van der Waals surface area contributed by atoms with Gasteiger partial charge in [0.2, 0.25) is 0 Å². The van der Waals surface area contributed by atoms with Gasteiger partial charge < -0.3 is 19.5 Å². The zero-order valence-electron chi connectivity index (χ0n) is 19.1. The van der Waals surface area contributed by atoms with Crippen molar-refractivity contribution in [2.24, 2.45) is 0 Å². The molecule has 0 radical (unpaired) electrons. The number of hydrogen-bond donors (Lipinski definition) is 2. The van der Waals surface area contributed by atoms with Crippen LogP contribution in [0.5, 0.6) is 5.75 Å². The predicted molar refractivity (Wildman–Crippen MR) is 127 cm³/mol. The molecule has 4 rings (SSSR count). The molecule has 0 aliphatic rings. The Hall–Kier alpha value is -3.54. The normalized spacial score (nSPS) is 11.4. The average molecular weight is 433 g/mol. The van der Waals surface area contributed by atoms with E-state index in [1.807, 2.05) is 13.8 Å². The monoisotopic (exact) mass is 432 g/mol. The summed E-state index contributed by atoms with van der Waals surface area (Å²) in [7, 11) is 0. The fourth-order valence-electron chi connectivity index (χ4n) is 4.23. The first-order valence-electron chi connectivity index (χ1n) is 10.8. The van der Waals surface area contributed by atoms with Gasteiger partial charge in [-0.3, -0.25) is 4.79 Å². The number of carbonyl (C=O) groups is 1. The zero-order chi connectivity index (χ0) is 23.0. The molecule has 166 valence electrons. The Labute approximate surface area is 186 Å². The number of aryl methyl sites for hydroxylation is 3. The Morgan fingerprint density at radius 1 is 1.09 bits per heavy atom. The van der Waals surface area contributed by atoms with Gasteiger partial charge in [0.05, 0.1) is 11.7 Å². The molecule has 6 heteroatoms. The van der Waals surface area contributed by atoms with Crippen molar-refractivity contribution < 1.29 is 13.9 Å². The van der Waals surface area contributed by atoms with Crippen molar-refractivity contribution in [2.75, 3.05) is 6.54 Å². The van der Waals surface area contributed by atoms with E-state index in [9.17, 15) is 9.59 Å². The van der Waals surface area contributed by atoms with E-state index >= 15 is 0 Å². The number of amides is 1. The molecule has 1 amide bonds. The maximum Gasteiger partial charge on any atom is 0.337 e. The highest BCUT2D eigenvalue weighted by Gasteiger charge is 2.15. The summed E-state index contributed by atoms with van der Waals surface area (Å²) in [6.07, 6.45) is 0.679. The highest BCUT2D eigenvalue weighted by Crippen LogP contribution is 2.27. The Kier molecular flexibility index (Phi) is 5.78. The second-order valence-electron chi connectivity index (χ2n) is 8.54. The fraction of sp³-hybridized carbons (Fsp3) is 0.308. The third-order valence-corrected chi connectivity index (χ3v) is 5.56. The highest BCUT2D eigenvalue weighted by molar-refractivity contribution is 6.05. The summed E-state index contributed by atoms with van der Waals surface area (Å²) in [6, 6.07) is 10.8. The molecular weight excluding hydrogens is 404 g/mol. The molecule has 0 spiro atoms. The summed E-state index contributed by atoms with van der Waals surface area (Å²) in [5.41, 5.74) is 5.92. The van der Waals surface area contributed by atoms with Crippen LogP contribution in [0.2, 0.25) is 0 Å². The van der Waals surface area contributed by atoms with E-state index in [-0.39, 0.29) is 12.0 Å². The standard InChI is InChI=1S/C26H28N2O4/c1-14(2)31-18-6-7-20-22(13-24(29)32-23(20)12-18)26(30)27-9-8-19-17(5)28-25-16(4)10-15(3)11-21(19)25/h6-7,10-14,28H,8-9H2,1-5H3,(H,27,30). The van der Waals surface area contributed by atoms with Crippen LogP contribution < -0.4 is 15.7 Å². The van der Waals surface area contributed by atoms with Gasteiger partial charge in [0.15, 0.2) is 0 Å². The van der Waals surface area contributed by atoms with E-state index in [0.29, 0.717) is 35.2 Å². The predicted octanol–water partition coefficient (Wildman–Crippen LogP) is 4.96. The van der Waals surface area contributed by atoms with Crippen molar-refractivity contribution in [1.29, 1.82) is 0 Å². The van der Waals surface area contributed by atoms with Gasteiger partial charge in [-0.05, 0) is 70.4 Å². The van der Waals surface area contributed by atoms with Crippen LogP contribution in [-0.2, 0) is 6.42 Å². The van der Waals surface area contributed by atoms with Gasteiger partial charge in [0, 0.05) is 40.7 Å². The first-order valence-corrected chi connectivity index (χ1v) is 10.8. The maximum absolute atomic E-state index is 12.9. The van der Waals surface area contributed by atoms with Crippen LogP contribution in [0, 0.1) is 20.8 Å². The molecule has 2 aromatic heterocycles. The molecule has 4 aromatic rings. The fourth-order valence-corrected chi connectivity index (χ4v) is 4.23. The van der Waals surface area contributed by atoms with Gasteiger partial charge in [-0.25, -0.2) is 4.79 Å². The Morgan fingerprint density at radius 2 is 1.88 bits per heavy atom. The van der Waals surface area contributed by atoms with Crippen molar-refractivity contribution in [1.82, 2.24) is 10.3 Å². The minimum atomic E-state index is -0.567. The third-order valence-electron chi connectivity index (χ3n) is 5.56. The number of aromatic amines is 1. The number of H-pyrrole nitrogens is 1. The van der Waals surface area contributed by atoms with Crippen LogP contribution in [-0.4, -0.2) is 23.5 Å². The number of aromatic nitrogens is 1. The van der Waals surface area contributed by atoms with Crippen LogP contribution in [0.3, 0.4) is 0 Å². The molecule has 2 N–H and O–H groups in total. The Bertz CT molecular complexity index is 1380. The van der Waals surface area contributed by atoms with E-state index in [4.69, 9.17) is 9.15 Å². The van der Waals surface area contributed by atoms with Crippen molar-refractivity contribution in [2.45, 2.75) is 47.1 Å². The van der Waals surface area contributed by atoms with E-state index in [0.717, 1.165) is 11.2 Å². The van der Waals surface area contributed by atoms with Crippen molar-refractivity contribution in [3.05, 3.63) is 74.8 Å². The molecule has 0 saturated heterocycles. The second-order valence-corrected chi connectivity index (χ2v) is 8.54. The van der Waals surface area contributed by atoms with Crippen LogP contribution in [0.1, 0.15) is 46.6 Å². The molecule has 0 aliphatic carbocycles. The van der Waals surface area contributed by atoms with Gasteiger partial charge in [-0.1, -0.05) is 11.6 Å². The summed E-state index contributed by atoms with van der Waals surface area (Å²) < 4.78 is 11.0. The van der Waals surface area contributed by atoms with Gasteiger partial charge in [-0.15, -0.1) is 0 Å². The topological polar surface area (TPSA) is 84.3 Å². The lowest BCUT2D eigenvalue weighted by molar-refractivity contribution is 0.0955. The van der Waals surface area contributed by atoms with Gasteiger partial charge >= 0.3 is 5.63 Å². The number of fused-ring (bicyclic) bond motifs is 2. The minimum Gasteiger partial charge on any atom is -0.491 e. The molecule has 6 nitrogen and oxygen atoms in total. The molecule has 0 bridgehead atoms. The molecule has 2 heterocycles. The van der Waals surface area contributed by atoms with Gasteiger partial charge in [0.25, 0.3) is 5.91 Å². The summed E-state index contributed by atoms with van der Waals surface area (Å²) in [5.74, 6) is 0.291. The summed E-state index contributed by atoms with van der Waals surface area (Å²) in [4.78, 5) is 28.5. The first kappa shape index (κ1) is 21.7. The zero-order valence-corrected chi connectivity index (χ0v) is 19.1. The highest BCUT2D eigenvalue weighted by atomic mass is 16.5. The number of nitrogens with one attached hydrogen (secondary N) is 2. The molecule has 0 atom stereocenters. The minimum absolute atomic E-state index is 0.00815. The van der Waals surface area contributed by atoms with Gasteiger partial charge in [0.1, 0.15) is 11.3 Å². The number of rotatable bonds is 6. The molecule has 2 aromatic carbocycles. The van der Waals surface area contributed by atoms with Crippen LogP contribution in [0.25, 0.3) is 21.9 Å². The van der Waals surface area contributed by atoms with Crippen LogP contribution in [0.4, 0.5) is 0 Å². The Morgan fingerprint density at radius 3 is 2.62 bits per heavy atom. The number of ether oxygens (including phenoxy) is 1. The van der Waals surface area contributed by atoms with E-state index < -0.39 is 5.63 Å². The average Bonchev–Trinajstić information content (AvgIpc) is 3.02. The summed E-state index contributed by atoms with van der Waals surface area (Å²) in [5, 5.41) is 4.73. The number of hydrogen-bond acceptors (Lipinski definition) is 4. The van der Waals surface area contributed by atoms with E-state index in [1.165, 1.54) is 28.1 Å².